The minimum absolute atomic E-state index is 0.299. The van der Waals surface area contributed by atoms with Crippen LogP contribution >= 0.6 is 0 Å². The van der Waals surface area contributed by atoms with Crippen molar-refractivity contribution < 1.29 is 21.4 Å². The first kappa shape index (κ1) is 17.3. The van der Waals surface area contributed by atoms with Crippen molar-refractivity contribution in [3.05, 3.63) is 0 Å². The molecule has 0 bridgehead atoms. The first-order chi connectivity index (χ1) is 7.55. The van der Waals surface area contributed by atoms with Gasteiger partial charge in [0.25, 0.3) is 0 Å². The van der Waals surface area contributed by atoms with Gasteiger partial charge in [-0.25, -0.2) is 0 Å². The van der Waals surface area contributed by atoms with E-state index in [4.69, 9.17) is 4.18 Å². The third-order valence-corrected chi connectivity index (χ3v) is 8.73. The van der Waals surface area contributed by atoms with Crippen LogP contribution in [0.25, 0.3) is 0 Å². The van der Waals surface area contributed by atoms with E-state index >= 15 is 0 Å². The SMILES string of the molecule is CCO[S+]1CC[Si](C)(C)CC1C.F[B-](F)(F)F. The lowest BCUT2D eigenvalue weighted by Crippen LogP contribution is -2.42. The van der Waals surface area contributed by atoms with Gasteiger partial charge in [0.1, 0.15) is 28.8 Å². The van der Waals surface area contributed by atoms with Crippen LogP contribution in [0.3, 0.4) is 0 Å². The van der Waals surface area contributed by atoms with Crippen molar-refractivity contribution in [1.82, 2.24) is 0 Å². The van der Waals surface area contributed by atoms with Crippen molar-refractivity contribution in [3.63, 3.8) is 0 Å². The van der Waals surface area contributed by atoms with Crippen LogP contribution in [0.15, 0.2) is 0 Å². The van der Waals surface area contributed by atoms with E-state index in [2.05, 4.69) is 26.9 Å². The van der Waals surface area contributed by atoms with Gasteiger partial charge in [-0.05, 0) is 25.9 Å². The van der Waals surface area contributed by atoms with Gasteiger partial charge in [-0.3, -0.25) is 0 Å². The molecular formula is C9H21BF4OSSi. The first-order valence-electron chi connectivity index (χ1n) is 5.75. The molecular weight excluding hydrogens is 271 g/mol. The van der Waals surface area contributed by atoms with Gasteiger partial charge >= 0.3 is 7.25 Å². The fourth-order valence-electron chi connectivity index (χ4n) is 1.88. The van der Waals surface area contributed by atoms with Gasteiger partial charge in [0.2, 0.25) is 0 Å². The maximum absolute atomic E-state index is 9.75. The van der Waals surface area contributed by atoms with Crippen molar-refractivity contribution in [1.29, 1.82) is 0 Å². The van der Waals surface area contributed by atoms with E-state index < -0.39 is 15.3 Å². The van der Waals surface area contributed by atoms with Crippen molar-refractivity contribution in [2.75, 3.05) is 12.4 Å². The van der Waals surface area contributed by atoms with E-state index in [1.165, 1.54) is 17.8 Å². The summed E-state index contributed by atoms with van der Waals surface area (Å²) >= 11 is 0.299. The van der Waals surface area contributed by atoms with E-state index in [9.17, 15) is 17.3 Å². The van der Waals surface area contributed by atoms with Crippen LogP contribution in [0.1, 0.15) is 13.8 Å². The van der Waals surface area contributed by atoms with E-state index in [0.717, 1.165) is 11.9 Å². The zero-order valence-corrected chi connectivity index (χ0v) is 12.6. The van der Waals surface area contributed by atoms with Gasteiger partial charge in [0.05, 0.1) is 8.07 Å². The molecule has 1 fully saturated rings. The van der Waals surface area contributed by atoms with E-state index in [1.54, 1.807) is 0 Å². The number of halogens is 4. The van der Waals surface area contributed by atoms with Gasteiger partial charge < -0.3 is 17.3 Å². The topological polar surface area (TPSA) is 9.23 Å². The molecule has 0 aromatic carbocycles. The Morgan fingerprint density at radius 3 is 2.12 bits per heavy atom. The summed E-state index contributed by atoms with van der Waals surface area (Å²) in [5.74, 6) is 1.34. The summed E-state index contributed by atoms with van der Waals surface area (Å²) in [7, 11) is -6.80. The molecule has 0 aromatic rings. The zero-order valence-electron chi connectivity index (χ0n) is 10.8. The number of hydrogen-bond donors (Lipinski definition) is 0. The maximum Gasteiger partial charge on any atom is 0.673 e. The highest BCUT2D eigenvalue weighted by Crippen LogP contribution is 2.30. The molecule has 0 aliphatic carbocycles. The number of hydrogen-bond acceptors (Lipinski definition) is 1. The molecule has 1 aliphatic rings. The molecule has 0 spiro atoms. The lowest BCUT2D eigenvalue weighted by Gasteiger charge is -2.29. The van der Waals surface area contributed by atoms with Gasteiger partial charge in [0, 0.05) is 0 Å². The van der Waals surface area contributed by atoms with Crippen molar-refractivity contribution in [3.8, 4) is 0 Å². The molecule has 1 rings (SSSR count). The average molecular weight is 292 g/mol. The Labute approximate surface area is 105 Å². The second kappa shape index (κ2) is 7.04. The lowest BCUT2D eigenvalue weighted by molar-refractivity contribution is 0.368. The summed E-state index contributed by atoms with van der Waals surface area (Å²) in [6, 6.07) is 2.94. The fraction of sp³-hybridized carbons (Fsp3) is 1.00. The summed E-state index contributed by atoms with van der Waals surface area (Å²) in [5.41, 5.74) is 0. The third-order valence-electron chi connectivity index (χ3n) is 2.54. The van der Waals surface area contributed by atoms with E-state index in [-0.39, 0.29) is 0 Å². The smallest absolute Gasteiger partial charge is 0.418 e. The molecule has 0 radical (unpaired) electrons. The maximum atomic E-state index is 9.75. The summed E-state index contributed by atoms with van der Waals surface area (Å²) in [4.78, 5) is 0. The largest absolute Gasteiger partial charge is 0.673 e. The second-order valence-electron chi connectivity index (χ2n) is 4.92. The Bertz CT molecular complexity index is 222. The Morgan fingerprint density at radius 1 is 1.29 bits per heavy atom. The minimum atomic E-state index is -6.00. The molecule has 0 N–H and O–H groups in total. The monoisotopic (exact) mass is 292 g/mol. The Balaban J connectivity index is 0.000000437. The zero-order chi connectivity index (χ0) is 13.7. The highest BCUT2D eigenvalue weighted by molar-refractivity contribution is 7.93. The molecule has 2 atom stereocenters. The average Bonchev–Trinajstić information content (AvgIpc) is 2.06. The molecule has 0 aromatic heterocycles. The van der Waals surface area contributed by atoms with E-state index in [1.807, 2.05) is 0 Å². The molecule has 104 valence electrons. The molecule has 0 saturated carbocycles. The van der Waals surface area contributed by atoms with Crippen LogP contribution in [0, 0.1) is 0 Å². The Kier molecular flexibility index (Phi) is 7.17. The van der Waals surface area contributed by atoms with Crippen molar-refractivity contribution in [2.45, 2.75) is 44.3 Å². The quantitative estimate of drug-likeness (QED) is 0.425. The molecule has 17 heavy (non-hydrogen) atoms. The van der Waals surface area contributed by atoms with Crippen LogP contribution < -0.4 is 0 Å². The molecule has 2 unspecified atom stereocenters. The third kappa shape index (κ3) is 9.96. The van der Waals surface area contributed by atoms with Crippen LogP contribution in [0.2, 0.25) is 25.2 Å². The molecule has 1 saturated heterocycles. The molecule has 1 heterocycles. The molecule has 1 nitrogen and oxygen atoms in total. The Hall–Kier alpha value is 0.312. The summed E-state index contributed by atoms with van der Waals surface area (Å²) in [6.45, 7) is 10.4. The summed E-state index contributed by atoms with van der Waals surface area (Å²) in [5, 5.41) is 0.834. The molecule has 0 amide bonds. The van der Waals surface area contributed by atoms with Crippen molar-refractivity contribution in [2.24, 2.45) is 0 Å². The van der Waals surface area contributed by atoms with Crippen LogP contribution in [0.4, 0.5) is 17.3 Å². The summed E-state index contributed by atoms with van der Waals surface area (Å²) < 4.78 is 44.7. The molecule has 1 aliphatic heterocycles. The highest BCUT2D eigenvalue weighted by atomic mass is 32.2. The van der Waals surface area contributed by atoms with Gasteiger partial charge in [-0.2, -0.15) is 4.18 Å². The normalized spacial score (nSPS) is 28.2. The first-order valence-corrected chi connectivity index (χ1v) is 10.5. The van der Waals surface area contributed by atoms with Gasteiger partial charge in [-0.15, -0.1) is 0 Å². The standard InChI is InChI=1S/C9H21OSSi.BF4/c1-5-10-11-6-7-12(3,4)8-9(11)2;2-1(3,4)5/h9H,5-8H2,1-4H3;/q+1;-1. The van der Waals surface area contributed by atoms with Gasteiger partial charge in [0.15, 0.2) is 0 Å². The van der Waals surface area contributed by atoms with Gasteiger partial charge in [-0.1, -0.05) is 13.1 Å². The minimum Gasteiger partial charge on any atom is -0.418 e. The predicted octanol–water partition coefficient (Wildman–Crippen LogP) is 3.97. The summed E-state index contributed by atoms with van der Waals surface area (Å²) in [6.07, 6.45) is 0. The Morgan fingerprint density at radius 2 is 1.76 bits per heavy atom. The lowest BCUT2D eigenvalue weighted by atomic mass is 10.3. The molecule has 8 heteroatoms. The van der Waals surface area contributed by atoms with Crippen molar-refractivity contribution >= 4 is 26.5 Å². The predicted molar refractivity (Wildman–Crippen MR) is 70.6 cm³/mol. The van der Waals surface area contributed by atoms with Crippen LogP contribution in [0.5, 0.6) is 0 Å². The van der Waals surface area contributed by atoms with Crippen LogP contribution in [-0.2, 0) is 15.4 Å². The fourth-order valence-corrected chi connectivity index (χ4v) is 9.81. The highest BCUT2D eigenvalue weighted by Gasteiger charge is 2.41. The second-order valence-corrected chi connectivity index (χ2v) is 12.4. The van der Waals surface area contributed by atoms with Crippen LogP contribution in [-0.4, -0.2) is 32.9 Å². The van der Waals surface area contributed by atoms with E-state index in [0.29, 0.717) is 11.2 Å². The number of rotatable bonds is 2.